The number of ether oxygens (including phenoxy) is 1. The van der Waals surface area contributed by atoms with Crippen molar-refractivity contribution >= 4 is 29.2 Å². The van der Waals surface area contributed by atoms with Crippen LogP contribution in [0.2, 0.25) is 0 Å². The van der Waals surface area contributed by atoms with Crippen LogP contribution in [0.3, 0.4) is 0 Å². The van der Waals surface area contributed by atoms with Crippen LogP contribution in [0.4, 0.5) is 20.6 Å². The minimum absolute atomic E-state index is 0.00804. The first-order valence-corrected chi connectivity index (χ1v) is 9.41. The van der Waals surface area contributed by atoms with Gasteiger partial charge in [-0.1, -0.05) is 30.3 Å². The first kappa shape index (κ1) is 17.8. The summed E-state index contributed by atoms with van der Waals surface area (Å²) < 4.78 is 20.2. The van der Waals surface area contributed by atoms with E-state index in [-0.39, 0.29) is 13.0 Å². The molecule has 5 rings (SSSR count). The Morgan fingerprint density at radius 3 is 2.66 bits per heavy atom. The molecule has 2 saturated heterocycles. The number of para-hydroxylation sites is 2. The highest BCUT2D eigenvalue weighted by atomic mass is 19.1. The second-order valence-corrected chi connectivity index (χ2v) is 7.42. The van der Waals surface area contributed by atoms with Crippen molar-refractivity contribution in [3.05, 3.63) is 59.9 Å². The lowest BCUT2D eigenvalue weighted by atomic mass is 9.68. The maximum atomic E-state index is 14.7. The van der Waals surface area contributed by atoms with Gasteiger partial charge in [0.25, 0.3) is 5.91 Å². The Balaban J connectivity index is 1.69. The van der Waals surface area contributed by atoms with Crippen molar-refractivity contribution in [1.82, 2.24) is 5.32 Å². The predicted molar refractivity (Wildman–Crippen MR) is 102 cm³/mol. The average Bonchev–Trinajstić information content (AvgIpc) is 2.73. The monoisotopic (exact) mass is 395 g/mol. The average molecular weight is 395 g/mol. The number of nitrogens with one attached hydrogen (secondary N) is 1. The van der Waals surface area contributed by atoms with Crippen LogP contribution in [0.25, 0.3) is 0 Å². The zero-order valence-electron chi connectivity index (χ0n) is 15.4. The highest BCUT2D eigenvalue weighted by molar-refractivity contribution is 6.30. The maximum absolute atomic E-state index is 14.7. The number of imide groups is 2. The summed E-state index contributed by atoms with van der Waals surface area (Å²) >= 11 is 0. The lowest BCUT2D eigenvalue weighted by molar-refractivity contribution is -0.147. The smallest absolute Gasteiger partial charge is 0.335 e. The largest absolute Gasteiger partial charge is 0.377 e. The first-order valence-electron chi connectivity index (χ1n) is 9.41. The number of anilines is 2. The van der Waals surface area contributed by atoms with E-state index in [4.69, 9.17) is 4.74 Å². The van der Waals surface area contributed by atoms with Crippen molar-refractivity contribution < 1.29 is 23.5 Å². The molecule has 3 aliphatic rings. The molecule has 4 amide bonds. The second kappa shape index (κ2) is 6.38. The Hall–Kier alpha value is -3.26. The van der Waals surface area contributed by atoms with Crippen LogP contribution in [-0.2, 0) is 20.7 Å². The molecule has 0 radical (unpaired) electrons. The van der Waals surface area contributed by atoms with Gasteiger partial charge in [-0.05, 0) is 23.8 Å². The normalized spacial score (nSPS) is 26.2. The van der Waals surface area contributed by atoms with Gasteiger partial charge in [-0.25, -0.2) is 14.1 Å². The van der Waals surface area contributed by atoms with E-state index in [1.165, 1.54) is 6.07 Å². The molecule has 2 aromatic carbocycles. The summed E-state index contributed by atoms with van der Waals surface area (Å²) in [7, 11) is 0. The second-order valence-electron chi connectivity index (χ2n) is 7.42. The highest BCUT2D eigenvalue weighted by Crippen LogP contribution is 2.46. The third kappa shape index (κ3) is 2.42. The molecule has 2 fully saturated rings. The molecular formula is C21H18FN3O4. The van der Waals surface area contributed by atoms with Gasteiger partial charge in [0.2, 0.25) is 5.91 Å². The molecule has 3 aliphatic heterocycles. The number of nitrogens with zero attached hydrogens (tertiary/aromatic N) is 2. The first-order chi connectivity index (χ1) is 14.0. The maximum Gasteiger partial charge on any atom is 0.335 e. The number of hydrogen-bond donors (Lipinski definition) is 1. The fourth-order valence-electron chi connectivity index (χ4n) is 4.64. The van der Waals surface area contributed by atoms with Gasteiger partial charge in [-0.3, -0.25) is 14.9 Å². The molecule has 1 spiro atoms. The summed E-state index contributed by atoms with van der Waals surface area (Å²) in [5, 5.41) is 2.35. The fraction of sp³-hybridized carbons (Fsp3) is 0.286. The molecule has 8 heteroatoms. The number of fused-ring (bicyclic) bond motifs is 4. The van der Waals surface area contributed by atoms with Gasteiger partial charge >= 0.3 is 6.03 Å². The Morgan fingerprint density at radius 1 is 1.07 bits per heavy atom. The van der Waals surface area contributed by atoms with E-state index < -0.39 is 35.1 Å². The molecule has 2 aromatic rings. The SMILES string of the molecule is O=C1NC(=O)[C@]2(Cc3cccc(F)c3N3CCOC[C@@H]32)C(=O)N1c1ccccc1. The molecule has 7 nitrogen and oxygen atoms in total. The Kier molecular flexibility index (Phi) is 3.92. The highest BCUT2D eigenvalue weighted by Gasteiger charge is 2.63. The number of urea groups is 1. The summed E-state index contributed by atoms with van der Waals surface area (Å²) in [5.41, 5.74) is -0.260. The van der Waals surface area contributed by atoms with Crippen molar-refractivity contribution in [2.24, 2.45) is 5.41 Å². The number of morpholine rings is 1. The zero-order chi connectivity index (χ0) is 20.2. The van der Waals surface area contributed by atoms with Gasteiger partial charge in [0.15, 0.2) is 5.41 Å². The molecule has 0 bridgehead atoms. The summed E-state index contributed by atoms with van der Waals surface area (Å²) in [6.45, 7) is 0.793. The minimum Gasteiger partial charge on any atom is -0.377 e. The lowest BCUT2D eigenvalue weighted by Gasteiger charge is -2.53. The van der Waals surface area contributed by atoms with Crippen molar-refractivity contribution in [3.63, 3.8) is 0 Å². The molecule has 29 heavy (non-hydrogen) atoms. The van der Waals surface area contributed by atoms with Crippen LogP contribution in [0.15, 0.2) is 48.5 Å². The molecular weight excluding hydrogens is 377 g/mol. The van der Waals surface area contributed by atoms with Crippen molar-refractivity contribution in [2.45, 2.75) is 12.5 Å². The Bertz CT molecular complexity index is 1030. The van der Waals surface area contributed by atoms with Crippen LogP contribution in [0.1, 0.15) is 5.56 Å². The number of halogens is 1. The number of carbonyl (C=O) groups excluding carboxylic acids is 3. The molecule has 0 aromatic heterocycles. The summed E-state index contributed by atoms with van der Waals surface area (Å²) in [4.78, 5) is 42.2. The van der Waals surface area contributed by atoms with Gasteiger partial charge in [0.1, 0.15) is 5.82 Å². The number of benzene rings is 2. The van der Waals surface area contributed by atoms with Gasteiger partial charge in [-0.2, -0.15) is 0 Å². The van der Waals surface area contributed by atoms with Crippen LogP contribution in [0, 0.1) is 11.2 Å². The predicted octanol–water partition coefficient (Wildman–Crippen LogP) is 1.86. The molecule has 0 saturated carbocycles. The van der Waals surface area contributed by atoms with E-state index in [0.29, 0.717) is 30.1 Å². The fourth-order valence-corrected chi connectivity index (χ4v) is 4.64. The van der Waals surface area contributed by atoms with Crippen LogP contribution < -0.4 is 15.1 Å². The van der Waals surface area contributed by atoms with E-state index in [1.54, 1.807) is 47.4 Å². The van der Waals surface area contributed by atoms with Gasteiger partial charge in [0.05, 0.1) is 30.6 Å². The summed E-state index contributed by atoms with van der Waals surface area (Å²) in [6, 6.07) is 11.6. The zero-order valence-corrected chi connectivity index (χ0v) is 15.4. The number of rotatable bonds is 1. The lowest BCUT2D eigenvalue weighted by Crippen LogP contribution is -2.74. The van der Waals surface area contributed by atoms with Crippen molar-refractivity contribution in [3.8, 4) is 0 Å². The summed E-state index contributed by atoms with van der Waals surface area (Å²) in [5.74, 6) is -1.69. The van der Waals surface area contributed by atoms with E-state index in [0.717, 1.165) is 4.90 Å². The Labute approximate surface area is 166 Å². The molecule has 0 unspecified atom stereocenters. The van der Waals surface area contributed by atoms with Crippen LogP contribution in [0.5, 0.6) is 0 Å². The van der Waals surface area contributed by atoms with Gasteiger partial charge in [0, 0.05) is 13.0 Å². The molecule has 1 N–H and O–H groups in total. The Morgan fingerprint density at radius 2 is 1.86 bits per heavy atom. The molecule has 148 valence electrons. The molecule has 0 aliphatic carbocycles. The molecule has 2 atom stereocenters. The quantitative estimate of drug-likeness (QED) is 0.746. The van der Waals surface area contributed by atoms with Crippen molar-refractivity contribution in [1.29, 1.82) is 0 Å². The van der Waals surface area contributed by atoms with Crippen LogP contribution in [-0.4, -0.2) is 43.6 Å². The third-order valence-electron chi connectivity index (χ3n) is 5.95. The minimum atomic E-state index is -1.59. The topological polar surface area (TPSA) is 79.0 Å². The number of carbonyl (C=O) groups is 3. The van der Waals surface area contributed by atoms with E-state index in [1.807, 2.05) is 0 Å². The number of hydrogen-bond acceptors (Lipinski definition) is 5. The number of amides is 4. The van der Waals surface area contributed by atoms with E-state index in [2.05, 4.69) is 5.32 Å². The van der Waals surface area contributed by atoms with Crippen LogP contribution >= 0.6 is 0 Å². The summed E-state index contributed by atoms with van der Waals surface area (Å²) in [6.07, 6.45) is -0.00804. The van der Waals surface area contributed by atoms with E-state index in [9.17, 15) is 18.8 Å². The standard InChI is InChI=1S/C21H18FN3O4/c22-15-8-4-5-13-11-21(16-12-29-10-9-24(16)17(13)15)18(26)23-20(28)25(19(21)27)14-6-2-1-3-7-14/h1-8,16H,9-12H2,(H,23,26,28)/t16-,21-/m1/s1. The van der Waals surface area contributed by atoms with E-state index >= 15 is 0 Å². The van der Waals surface area contributed by atoms with Gasteiger partial charge in [-0.15, -0.1) is 0 Å². The third-order valence-corrected chi connectivity index (χ3v) is 5.95. The number of barbiturate groups is 1. The van der Waals surface area contributed by atoms with Gasteiger partial charge < -0.3 is 9.64 Å². The molecule has 3 heterocycles. The van der Waals surface area contributed by atoms with Crippen molar-refractivity contribution in [2.75, 3.05) is 29.6 Å².